The van der Waals surface area contributed by atoms with Crippen LogP contribution in [0.5, 0.6) is 5.88 Å². The Labute approximate surface area is 137 Å². The highest BCUT2D eigenvalue weighted by Gasteiger charge is 2.20. The smallest absolute Gasteiger partial charge is 0.322 e. The molecule has 0 aliphatic carbocycles. The molecule has 0 aliphatic heterocycles. The molecule has 0 atom stereocenters. The van der Waals surface area contributed by atoms with Crippen molar-refractivity contribution in [3.63, 3.8) is 0 Å². The molecule has 0 fully saturated rings. The standard InChI is InChI=1S/C15H20N4O5/c1-9(2)4-3-5-24-11-6-10(20)13(14-17-8-18-19(11)14)15(23)16-7-12(21)22/h6,8-9H,3-5,7H2,1-2H3,(H,16,23)(H,17,18)(H,21,22). The molecule has 2 heterocycles. The molecule has 0 radical (unpaired) electrons. The number of aromatic amines is 1. The summed E-state index contributed by atoms with van der Waals surface area (Å²) in [6, 6.07) is 1.19. The summed E-state index contributed by atoms with van der Waals surface area (Å²) < 4.78 is 6.99. The van der Waals surface area contributed by atoms with E-state index in [1.54, 1.807) is 0 Å². The van der Waals surface area contributed by atoms with Crippen LogP contribution in [0.2, 0.25) is 0 Å². The normalized spacial score (nSPS) is 11.0. The number of rotatable bonds is 8. The van der Waals surface area contributed by atoms with Crippen molar-refractivity contribution in [2.24, 2.45) is 5.92 Å². The quantitative estimate of drug-likeness (QED) is 0.608. The highest BCUT2D eigenvalue weighted by atomic mass is 16.5. The minimum absolute atomic E-state index is 0.0873. The van der Waals surface area contributed by atoms with Crippen LogP contribution in [0.25, 0.3) is 5.65 Å². The number of pyridine rings is 1. The van der Waals surface area contributed by atoms with Gasteiger partial charge in [0.1, 0.15) is 18.4 Å². The molecule has 0 unspecified atom stereocenters. The molecule has 2 rings (SSSR count). The van der Waals surface area contributed by atoms with E-state index in [9.17, 15) is 14.4 Å². The second-order valence-electron chi connectivity index (χ2n) is 5.73. The summed E-state index contributed by atoms with van der Waals surface area (Å²) in [6.45, 7) is 4.08. The lowest BCUT2D eigenvalue weighted by atomic mass is 10.1. The van der Waals surface area contributed by atoms with Gasteiger partial charge in [-0.2, -0.15) is 0 Å². The maximum Gasteiger partial charge on any atom is 0.322 e. The summed E-state index contributed by atoms with van der Waals surface area (Å²) in [5.41, 5.74) is -0.722. The van der Waals surface area contributed by atoms with Gasteiger partial charge in [0.2, 0.25) is 11.3 Å². The van der Waals surface area contributed by atoms with E-state index in [0.717, 1.165) is 12.8 Å². The number of carbonyl (C=O) groups is 2. The second-order valence-corrected chi connectivity index (χ2v) is 5.73. The molecule has 0 saturated heterocycles. The number of fused-ring (bicyclic) bond motifs is 1. The highest BCUT2D eigenvalue weighted by molar-refractivity contribution is 6.00. The number of carbonyl (C=O) groups excluding carboxylic acids is 1. The van der Waals surface area contributed by atoms with Crippen molar-refractivity contribution < 1.29 is 19.4 Å². The Kier molecular flexibility index (Phi) is 5.56. The average molecular weight is 336 g/mol. The summed E-state index contributed by atoms with van der Waals surface area (Å²) in [4.78, 5) is 38.8. The van der Waals surface area contributed by atoms with Crippen molar-refractivity contribution in [3.8, 4) is 5.88 Å². The maximum atomic E-state index is 12.2. The van der Waals surface area contributed by atoms with Crippen molar-refractivity contribution >= 4 is 17.5 Å². The number of hydrogen-bond acceptors (Lipinski definition) is 5. The fourth-order valence-electron chi connectivity index (χ4n) is 2.20. The SMILES string of the molecule is CC(C)CCCOc1cc(=O)c(C(=O)NCC(=O)O)c2nc[nH]n12. The van der Waals surface area contributed by atoms with Gasteiger partial charge < -0.3 is 15.2 Å². The first-order valence-electron chi connectivity index (χ1n) is 7.62. The van der Waals surface area contributed by atoms with Crippen LogP contribution in [0.15, 0.2) is 17.2 Å². The van der Waals surface area contributed by atoms with Crippen LogP contribution in [0.1, 0.15) is 37.0 Å². The molecule has 130 valence electrons. The molecule has 2 aromatic rings. The van der Waals surface area contributed by atoms with Gasteiger partial charge in [0.25, 0.3) is 5.91 Å². The monoisotopic (exact) mass is 336 g/mol. The number of amides is 1. The van der Waals surface area contributed by atoms with E-state index in [1.807, 2.05) is 0 Å². The first-order valence-corrected chi connectivity index (χ1v) is 7.62. The van der Waals surface area contributed by atoms with Crippen LogP contribution in [-0.4, -0.2) is 44.7 Å². The first kappa shape index (κ1) is 17.5. The van der Waals surface area contributed by atoms with Crippen molar-refractivity contribution in [1.29, 1.82) is 0 Å². The average Bonchev–Trinajstić information content (AvgIpc) is 2.98. The van der Waals surface area contributed by atoms with E-state index in [1.165, 1.54) is 16.9 Å². The molecule has 9 nitrogen and oxygen atoms in total. The lowest BCUT2D eigenvalue weighted by Crippen LogP contribution is -2.33. The summed E-state index contributed by atoms with van der Waals surface area (Å²) in [6.07, 6.45) is 3.16. The number of nitrogens with zero attached hydrogens (tertiary/aromatic N) is 2. The molecule has 24 heavy (non-hydrogen) atoms. The fourth-order valence-corrected chi connectivity index (χ4v) is 2.20. The predicted molar refractivity (Wildman–Crippen MR) is 85.3 cm³/mol. The predicted octanol–water partition coefficient (Wildman–Crippen LogP) is 0.652. The lowest BCUT2D eigenvalue weighted by Gasteiger charge is -2.10. The Morgan fingerprint density at radius 1 is 1.46 bits per heavy atom. The zero-order valence-electron chi connectivity index (χ0n) is 13.5. The van der Waals surface area contributed by atoms with Gasteiger partial charge in [-0.15, -0.1) is 0 Å². The van der Waals surface area contributed by atoms with E-state index in [0.29, 0.717) is 12.5 Å². The number of aromatic nitrogens is 3. The molecular formula is C15H20N4O5. The van der Waals surface area contributed by atoms with Crippen LogP contribution >= 0.6 is 0 Å². The number of aliphatic carboxylic acids is 1. The Bertz CT molecular complexity index is 793. The van der Waals surface area contributed by atoms with E-state index in [4.69, 9.17) is 9.84 Å². The van der Waals surface area contributed by atoms with Crippen molar-refractivity contribution in [2.75, 3.05) is 13.2 Å². The zero-order chi connectivity index (χ0) is 17.7. The second kappa shape index (κ2) is 7.62. The van der Waals surface area contributed by atoms with Crippen molar-refractivity contribution in [3.05, 3.63) is 28.2 Å². The number of carboxylic acid groups (broad SMARTS) is 1. The Balaban J connectivity index is 2.24. The van der Waals surface area contributed by atoms with Crippen molar-refractivity contribution in [1.82, 2.24) is 19.9 Å². The molecule has 0 bridgehead atoms. The number of H-pyrrole nitrogens is 1. The largest absolute Gasteiger partial charge is 0.480 e. The molecule has 3 N–H and O–H groups in total. The van der Waals surface area contributed by atoms with Crippen LogP contribution in [0.3, 0.4) is 0 Å². The Morgan fingerprint density at radius 3 is 2.88 bits per heavy atom. The van der Waals surface area contributed by atoms with Gasteiger partial charge in [0.05, 0.1) is 6.61 Å². The summed E-state index contributed by atoms with van der Waals surface area (Å²) >= 11 is 0. The zero-order valence-corrected chi connectivity index (χ0v) is 13.5. The first-order chi connectivity index (χ1) is 11.4. The van der Waals surface area contributed by atoms with E-state index >= 15 is 0 Å². The molecule has 1 amide bonds. The lowest BCUT2D eigenvalue weighted by molar-refractivity contribution is -0.135. The minimum atomic E-state index is -1.20. The number of hydrogen-bond donors (Lipinski definition) is 3. The van der Waals surface area contributed by atoms with Crippen LogP contribution < -0.4 is 15.5 Å². The van der Waals surface area contributed by atoms with Gasteiger partial charge in [0, 0.05) is 6.07 Å². The Morgan fingerprint density at radius 2 is 2.21 bits per heavy atom. The van der Waals surface area contributed by atoms with Gasteiger partial charge >= 0.3 is 5.97 Å². The molecule has 0 saturated carbocycles. The number of nitrogens with one attached hydrogen (secondary N) is 2. The molecule has 0 spiro atoms. The van der Waals surface area contributed by atoms with Gasteiger partial charge in [-0.3, -0.25) is 19.5 Å². The molecule has 0 aromatic carbocycles. The molecule has 0 aliphatic rings. The fraction of sp³-hybridized carbons (Fsp3) is 0.467. The van der Waals surface area contributed by atoms with Crippen molar-refractivity contribution in [2.45, 2.75) is 26.7 Å². The summed E-state index contributed by atoms with van der Waals surface area (Å²) in [5.74, 6) is -1.18. The van der Waals surface area contributed by atoms with E-state index in [-0.39, 0.29) is 17.1 Å². The van der Waals surface area contributed by atoms with Gasteiger partial charge in [0.15, 0.2) is 5.65 Å². The van der Waals surface area contributed by atoms with E-state index in [2.05, 4.69) is 29.2 Å². The molecule has 9 heteroatoms. The van der Waals surface area contributed by atoms with Gasteiger partial charge in [-0.05, 0) is 18.8 Å². The third-order valence-electron chi connectivity index (χ3n) is 3.33. The summed E-state index contributed by atoms with van der Waals surface area (Å²) in [7, 11) is 0. The number of ether oxygens (including phenoxy) is 1. The summed E-state index contributed by atoms with van der Waals surface area (Å²) in [5, 5.41) is 13.5. The topological polar surface area (TPSA) is 126 Å². The molecule has 2 aromatic heterocycles. The highest BCUT2D eigenvalue weighted by Crippen LogP contribution is 2.14. The number of carboxylic acids is 1. The third kappa shape index (κ3) is 4.12. The van der Waals surface area contributed by atoms with Gasteiger partial charge in [-0.1, -0.05) is 13.8 Å². The maximum absolute atomic E-state index is 12.2. The van der Waals surface area contributed by atoms with Crippen LogP contribution in [-0.2, 0) is 4.79 Å². The van der Waals surface area contributed by atoms with Gasteiger partial charge in [-0.25, -0.2) is 9.50 Å². The van der Waals surface area contributed by atoms with Crippen LogP contribution in [0, 0.1) is 5.92 Å². The minimum Gasteiger partial charge on any atom is -0.480 e. The third-order valence-corrected chi connectivity index (χ3v) is 3.33. The van der Waals surface area contributed by atoms with Crippen LogP contribution in [0.4, 0.5) is 0 Å². The molecular weight excluding hydrogens is 316 g/mol. The Hall–Kier alpha value is -2.84. The van der Waals surface area contributed by atoms with E-state index < -0.39 is 23.9 Å².